The first-order chi connectivity index (χ1) is 11.0. The number of carbonyl (C=O) groups is 2. The Labute approximate surface area is 134 Å². The monoisotopic (exact) mass is 315 g/mol. The van der Waals surface area contributed by atoms with Crippen molar-refractivity contribution in [3.63, 3.8) is 0 Å². The van der Waals surface area contributed by atoms with Gasteiger partial charge in [0.15, 0.2) is 0 Å². The lowest BCUT2D eigenvalue weighted by molar-refractivity contribution is -0.133. The van der Waals surface area contributed by atoms with Gasteiger partial charge in [-0.05, 0) is 49.3 Å². The van der Waals surface area contributed by atoms with Crippen LogP contribution < -0.4 is 10.6 Å². The van der Waals surface area contributed by atoms with E-state index in [0.717, 1.165) is 23.7 Å². The van der Waals surface area contributed by atoms with E-state index >= 15 is 0 Å². The highest BCUT2D eigenvalue weighted by Crippen LogP contribution is 2.31. The lowest BCUT2D eigenvalue weighted by Gasteiger charge is -2.21. The third-order valence-electron chi connectivity index (χ3n) is 4.48. The number of hydrogen-bond acceptors (Lipinski definition) is 3. The minimum absolute atomic E-state index is 0.0859. The SMILES string of the molecule is CNC(=O)Cn1ccc2ccc(NC(=O)C3(O)CCCC3)cc21. The fraction of sp³-hybridized carbons (Fsp3) is 0.412. The fourth-order valence-corrected chi connectivity index (χ4v) is 3.07. The summed E-state index contributed by atoms with van der Waals surface area (Å²) in [4.78, 5) is 23.9. The number of nitrogens with one attached hydrogen (secondary N) is 2. The Hall–Kier alpha value is -2.34. The van der Waals surface area contributed by atoms with E-state index < -0.39 is 5.60 Å². The van der Waals surface area contributed by atoms with Gasteiger partial charge in [-0.2, -0.15) is 0 Å². The topological polar surface area (TPSA) is 83.4 Å². The van der Waals surface area contributed by atoms with Gasteiger partial charge in [-0.25, -0.2) is 0 Å². The highest BCUT2D eigenvalue weighted by atomic mass is 16.3. The van der Waals surface area contributed by atoms with Crippen molar-refractivity contribution in [3.8, 4) is 0 Å². The summed E-state index contributed by atoms with van der Waals surface area (Å²) < 4.78 is 1.83. The van der Waals surface area contributed by atoms with E-state index in [1.54, 1.807) is 7.05 Å². The van der Waals surface area contributed by atoms with E-state index in [-0.39, 0.29) is 18.4 Å². The first kappa shape index (κ1) is 15.6. The minimum atomic E-state index is -1.25. The standard InChI is InChI=1S/C17H21N3O3/c1-18-15(21)11-20-9-6-12-4-5-13(10-14(12)20)19-16(22)17(23)7-2-3-8-17/h4-6,9-10,23H,2-3,7-8,11H2,1H3,(H,18,21)(H,19,22). The average Bonchev–Trinajstić information content (AvgIpc) is 3.15. The average molecular weight is 315 g/mol. The molecule has 122 valence electrons. The van der Waals surface area contributed by atoms with Crippen molar-refractivity contribution < 1.29 is 14.7 Å². The number of rotatable bonds is 4. The molecule has 0 spiro atoms. The molecule has 6 heteroatoms. The summed E-state index contributed by atoms with van der Waals surface area (Å²) in [6, 6.07) is 7.45. The van der Waals surface area contributed by atoms with Crippen molar-refractivity contribution in [2.45, 2.75) is 37.8 Å². The molecule has 1 aliphatic rings. The largest absolute Gasteiger partial charge is 0.380 e. The van der Waals surface area contributed by atoms with Gasteiger partial charge in [0.1, 0.15) is 12.1 Å². The van der Waals surface area contributed by atoms with Crippen LogP contribution in [0.2, 0.25) is 0 Å². The van der Waals surface area contributed by atoms with Crippen LogP contribution in [0.1, 0.15) is 25.7 Å². The van der Waals surface area contributed by atoms with E-state index in [0.29, 0.717) is 18.5 Å². The summed E-state index contributed by atoms with van der Waals surface area (Å²) in [6.07, 6.45) is 4.61. The molecule has 3 rings (SSSR count). The lowest BCUT2D eigenvalue weighted by Crippen LogP contribution is -2.40. The number of anilines is 1. The molecular formula is C17H21N3O3. The molecule has 6 nitrogen and oxygen atoms in total. The molecule has 1 aromatic carbocycles. The molecule has 0 unspecified atom stereocenters. The summed E-state index contributed by atoms with van der Waals surface area (Å²) in [5, 5.41) is 16.7. The molecule has 0 radical (unpaired) electrons. The van der Waals surface area contributed by atoms with Gasteiger partial charge in [-0.1, -0.05) is 6.07 Å². The molecule has 0 bridgehead atoms. The number of nitrogens with zero attached hydrogens (tertiary/aromatic N) is 1. The van der Waals surface area contributed by atoms with Crippen LogP contribution in [0.4, 0.5) is 5.69 Å². The van der Waals surface area contributed by atoms with Gasteiger partial charge in [0.2, 0.25) is 5.91 Å². The smallest absolute Gasteiger partial charge is 0.256 e. The fourth-order valence-electron chi connectivity index (χ4n) is 3.07. The van der Waals surface area contributed by atoms with Crippen molar-refractivity contribution in [2.24, 2.45) is 0 Å². The Balaban J connectivity index is 1.83. The molecule has 0 atom stereocenters. The lowest BCUT2D eigenvalue weighted by atomic mass is 10.0. The highest BCUT2D eigenvalue weighted by molar-refractivity contribution is 5.99. The number of hydrogen-bond donors (Lipinski definition) is 3. The summed E-state index contributed by atoms with van der Waals surface area (Å²) in [6.45, 7) is 0.224. The molecular weight excluding hydrogens is 294 g/mol. The zero-order chi connectivity index (χ0) is 16.4. The van der Waals surface area contributed by atoms with Crippen molar-refractivity contribution in [1.29, 1.82) is 0 Å². The minimum Gasteiger partial charge on any atom is -0.380 e. The van der Waals surface area contributed by atoms with E-state index in [1.807, 2.05) is 35.0 Å². The maximum absolute atomic E-state index is 12.3. The van der Waals surface area contributed by atoms with Crippen LogP contribution in [0.3, 0.4) is 0 Å². The molecule has 2 aromatic rings. The van der Waals surface area contributed by atoms with Crippen LogP contribution in [-0.2, 0) is 16.1 Å². The molecule has 1 aliphatic carbocycles. The Morgan fingerprint density at radius 1 is 1.26 bits per heavy atom. The molecule has 1 saturated carbocycles. The Kier molecular flexibility index (Phi) is 4.09. The first-order valence-corrected chi connectivity index (χ1v) is 7.85. The molecule has 1 aromatic heterocycles. The second-order valence-electron chi connectivity index (χ2n) is 6.08. The molecule has 3 N–H and O–H groups in total. The summed E-state index contributed by atoms with van der Waals surface area (Å²) >= 11 is 0. The second kappa shape index (κ2) is 6.04. The number of benzene rings is 1. The van der Waals surface area contributed by atoms with Crippen LogP contribution in [-0.4, -0.2) is 34.1 Å². The van der Waals surface area contributed by atoms with Crippen molar-refractivity contribution in [1.82, 2.24) is 9.88 Å². The Morgan fingerprint density at radius 2 is 2.00 bits per heavy atom. The Morgan fingerprint density at radius 3 is 2.70 bits per heavy atom. The predicted molar refractivity (Wildman–Crippen MR) is 88.1 cm³/mol. The number of carbonyl (C=O) groups excluding carboxylic acids is 2. The van der Waals surface area contributed by atoms with Gasteiger partial charge in [0.25, 0.3) is 5.91 Å². The normalized spacial score (nSPS) is 16.4. The molecule has 23 heavy (non-hydrogen) atoms. The van der Waals surface area contributed by atoms with E-state index in [2.05, 4.69) is 10.6 Å². The molecule has 1 heterocycles. The molecule has 1 fully saturated rings. The van der Waals surface area contributed by atoms with Gasteiger partial charge in [0.05, 0.1) is 5.52 Å². The van der Waals surface area contributed by atoms with Gasteiger partial charge in [0, 0.05) is 18.9 Å². The zero-order valence-electron chi connectivity index (χ0n) is 13.1. The van der Waals surface area contributed by atoms with E-state index in [4.69, 9.17) is 0 Å². The number of fused-ring (bicyclic) bond motifs is 1. The van der Waals surface area contributed by atoms with Crippen LogP contribution >= 0.6 is 0 Å². The van der Waals surface area contributed by atoms with Crippen LogP contribution in [0.25, 0.3) is 10.9 Å². The van der Waals surface area contributed by atoms with Crippen molar-refractivity contribution in [2.75, 3.05) is 12.4 Å². The zero-order valence-corrected chi connectivity index (χ0v) is 13.1. The number of aromatic nitrogens is 1. The van der Waals surface area contributed by atoms with Crippen LogP contribution in [0, 0.1) is 0 Å². The highest BCUT2D eigenvalue weighted by Gasteiger charge is 2.38. The molecule has 2 amide bonds. The Bertz CT molecular complexity index is 745. The third-order valence-corrected chi connectivity index (χ3v) is 4.48. The van der Waals surface area contributed by atoms with Gasteiger partial charge in [-0.3, -0.25) is 9.59 Å². The van der Waals surface area contributed by atoms with Gasteiger partial charge < -0.3 is 20.3 Å². The first-order valence-electron chi connectivity index (χ1n) is 7.85. The number of amides is 2. The van der Waals surface area contributed by atoms with E-state index in [9.17, 15) is 14.7 Å². The summed E-state index contributed by atoms with van der Waals surface area (Å²) in [5.41, 5.74) is 0.239. The van der Waals surface area contributed by atoms with Crippen LogP contribution in [0.5, 0.6) is 0 Å². The van der Waals surface area contributed by atoms with Gasteiger partial charge in [-0.15, -0.1) is 0 Å². The maximum Gasteiger partial charge on any atom is 0.256 e. The summed E-state index contributed by atoms with van der Waals surface area (Å²) in [7, 11) is 1.60. The van der Waals surface area contributed by atoms with Crippen LogP contribution in [0.15, 0.2) is 30.5 Å². The number of aliphatic hydroxyl groups is 1. The van der Waals surface area contributed by atoms with Crippen molar-refractivity contribution in [3.05, 3.63) is 30.5 Å². The van der Waals surface area contributed by atoms with Gasteiger partial charge >= 0.3 is 0 Å². The van der Waals surface area contributed by atoms with Crippen molar-refractivity contribution >= 4 is 28.4 Å². The second-order valence-corrected chi connectivity index (χ2v) is 6.08. The quantitative estimate of drug-likeness (QED) is 0.802. The van der Waals surface area contributed by atoms with E-state index in [1.165, 1.54) is 0 Å². The molecule has 0 saturated heterocycles. The maximum atomic E-state index is 12.3. The third kappa shape index (κ3) is 3.07. The number of likely N-dealkylation sites (N-methyl/N-ethyl adjacent to an activating group) is 1. The predicted octanol–water partition coefficient (Wildman–Crippen LogP) is 1.63. The molecule has 0 aliphatic heterocycles. The summed E-state index contributed by atoms with van der Waals surface area (Å²) in [5.74, 6) is -0.434.